The van der Waals surface area contributed by atoms with E-state index in [0.717, 1.165) is 55.4 Å². The number of hydrogen-bond acceptors (Lipinski definition) is 11. The SMILES string of the molecule is Cn1nc(C2CCC(=O)NC2=O)c2cccc(OC3CCC4(CC3)CN(c3ncc(Cl)c(Nc5ccc6c(c5)c5c(c(=O)n6C)OCC(F)(F)C(C6CC6)N5)n3)C4)c21. The summed E-state index contributed by atoms with van der Waals surface area (Å²) in [5.74, 6) is -2.81. The lowest BCUT2D eigenvalue weighted by atomic mass is 9.68. The number of aromatic nitrogens is 5. The van der Waals surface area contributed by atoms with Crippen molar-refractivity contribution in [3.63, 3.8) is 0 Å². The van der Waals surface area contributed by atoms with Crippen LogP contribution < -0.4 is 35.9 Å². The lowest BCUT2D eigenvalue weighted by molar-refractivity contribution is -0.134. The lowest BCUT2D eigenvalue weighted by Gasteiger charge is -2.53. The minimum atomic E-state index is -3.14. The van der Waals surface area contributed by atoms with E-state index >= 15 is 8.78 Å². The number of alkyl halides is 2. The maximum atomic E-state index is 15.1. The number of halogens is 3. The summed E-state index contributed by atoms with van der Waals surface area (Å²) in [4.78, 5) is 49.1. The van der Waals surface area contributed by atoms with E-state index in [-0.39, 0.29) is 47.1 Å². The van der Waals surface area contributed by atoms with Gasteiger partial charge in [-0.1, -0.05) is 23.7 Å². The van der Waals surface area contributed by atoms with Gasteiger partial charge in [-0.15, -0.1) is 0 Å². The number of para-hydroxylation sites is 1. The number of hydrogen-bond donors (Lipinski definition) is 3. The first-order chi connectivity index (χ1) is 27.9. The fourth-order valence-corrected chi connectivity index (χ4v) is 9.52. The van der Waals surface area contributed by atoms with Crippen LogP contribution in [0.4, 0.5) is 31.9 Å². The van der Waals surface area contributed by atoms with Crippen molar-refractivity contribution >= 4 is 68.4 Å². The lowest BCUT2D eigenvalue weighted by Crippen LogP contribution is -2.58. The largest absolute Gasteiger partial charge is 0.488 e. The van der Waals surface area contributed by atoms with E-state index in [1.54, 1.807) is 36.1 Å². The predicted octanol–water partition coefficient (Wildman–Crippen LogP) is 6.18. The number of imide groups is 1. The smallest absolute Gasteiger partial charge is 0.301 e. The van der Waals surface area contributed by atoms with Gasteiger partial charge in [0, 0.05) is 55.5 Å². The van der Waals surface area contributed by atoms with Gasteiger partial charge in [0.05, 0.1) is 41.2 Å². The zero-order chi connectivity index (χ0) is 40.1. The van der Waals surface area contributed by atoms with Crippen molar-refractivity contribution in [1.29, 1.82) is 0 Å². The van der Waals surface area contributed by atoms with Crippen LogP contribution in [0.3, 0.4) is 0 Å². The fraction of sp³-hybridized carbons (Fsp3) is 0.463. The second-order valence-corrected chi connectivity index (χ2v) is 17.0. The predicted molar refractivity (Wildman–Crippen MR) is 213 cm³/mol. The number of fused-ring (bicyclic) bond motifs is 4. The number of nitrogens with zero attached hydrogens (tertiary/aromatic N) is 6. The maximum absolute atomic E-state index is 15.1. The molecule has 5 aromatic rings. The molecule has 1 spiro atoms. The van der Waals surface area contributed by atoms with Crippen LogP contribution in [-0.2, 0) is 23.7 Å². The van der Waals surface area contributed by atoms with E-state index in [4.69, 9.17) is 31.2 Å². The van der Waals surface area contributed by atoms with Crippen LogP contribution in [0.15, 0.2) is 47.4 Å². The Morgan fingerprint density at radius 1 is 1.02 bits per heavy atom. The van der Waals surface area contributed by atoms with Gasteiger partial charge in [0.25, 0.3) is 5.56 Å². The molecule has 17 heteroatoms. The molecule has 6 heterocycles. The number of benzene rings is 2. The highest BCUT2D eigenvalue weighted by Crippen LogP contribution is 2.48. The molecule has 2 saturated carbocycles. The second-order valence-electron chi connectivity index (χ2n) is 16.6. The number of aryl methyl sites for hydroxylation is 2. The molecule has 4 fully saturated rings. The first kappa shape index (κ1) is 36.8. The molecule has 3 aliphatic heterocycles. The zero-order valence-corrected chi connectivity index (χ0v) is 32.7. The molecule has 10 rings (SSSR count). The van der Waals surface area contributed by atoms with Crippen molar-refractivity contribution in [2.45, 2.75) is 75.4 Å². The van der Waals surface area contributed by atoms with Gasteiger partial charge in [0.2, 0.25) is 23.5 Å². The normalized spacial score (nSPS) is 22.8. The standard InChI is InChI=1S/C41H42ClF2N9O5/c1-51-28-10-8-22(16-26(28)32-34(38(51)56)57-20-41(43,44)35(48-32)21-6-7-21)46-36-27(42)17-45-39(49-36)53-18-40(19-53)14-12-23(13-15-40)58-29-5-3-4-24-31(50-52(2)33(24)29)25-9-11-30(54)47-37(25)55/h3-5,8,10,16-17,21,23,25,35,48H,6-7,9,11-15,18-20H2,1-2H3,(H,45,46,49)(H,47,54,55). The molecule has 2 atom stereocenters. The van der Waals surface area contributed by atoms with Crippen LogP contribution in [0, 0.1) is 11.3 Å². The number of anilines is 4. The first-order valence-corrected chi connectivity index (χ1v) is 20.2. The summed E-state index contributed by atoms with van der Waals surface area (Å²) in [7, 11) is 3.45. The van der Waals surface area contributed by atoms with Crippen LogP contribution >= 0.6 is 11.6 Å². The monoisotopic (exact) mass is 813 g/mol. The van der Waals surface area contributed by atoms with Gasteiger partial charge in [0.1, 0.15) is 16.3 Å². The highest BCUT2D eigenvalue weighted by atomic mass is 35.5. The molecule has 2 aromatic carbocycles. The number of carbonyl (C=O) groups is 2. The molecule has 2 aliphatic carbocycles. The van der Waals surface area contributed by atoms with Crippen molar-refractivity contribution in [2.75, 3.05) is 35.2 Å². The van der Waals surface area contributed by atoms with Gasteiger partial charge in [-0.25, -0.2) is 13.8 Å². The number of carbonyl (C=O) groups excluding carboxylic acids is 2. The van der Waals surface area contributed by atoms with E-state index in [1.165, 1.54) is 4.57 Å². The van der Waals surface area contributed by atoms with Crippen molar-refractivity contribution < 1.29 is 27.8 Å². The van der Waals surface area contributed by atoms with Crippen LogP contribution in [0.5, 0.6) is 11.5 Å². The molecule has 302 valence electrons. The molecule has 2 unspecified atom stereocenters. The minimum absolute atomic E-state index is 0.0269. The van der Waals surface area contributed by atoms with Gasteiger partial charge in [-0.3, -0.25) is 24.4 Å². The van der Waals surface area contributed by atoms with Crippen LogP contribution in [0.25, 0.3) is 21.8 Å². The Bertz CT molecular complexity index is 2580. The van der Waals surface area contributed by atoms with Crippen molar-refractivity contribution in [1.82, 2.24) is 29.6 Å². The summed E-state index contributed by atoms with van der Waals surface area (Å²) in [5.41, 5.74) is 2.57. The Morgan fingerprint density at radius 2 is 1.81 bits per heavy atom. The molecule has 5 aliphatic rings. The maximum Gasteiger partial charge on any atom is 0.301 e. The summed E-state index contributed by atoms with van der Waals surface area (Å²) >= 11 is 6.61. The summed E-state index contributed by atoms with van der Waals surface area (Å²) < 4.78 is 45.6. The Labute approximate surface area is 336 Å². The molecule has 0 bridgehead atoms. The van der Waals surface area contributed by atoms with Gasteiger partial charge in [0.15, 0.2) is 12.4 Å². The highest BCUT2D eigenvalue weighted by molar-refractivity contribution is 6.33. The number of ether oxygens (including phenoxy) is 2. The zero-order valence-electron chi connectivity index (χ0n) is 32.0. The van der Waals surface area contributed by atoms with Gasteiger partial charge in [-0.2, -0.15) is 10.1 Å². The quantitative estimate of drug-likeness (QED) is 0.161. The Balaban J connectivity index is 0.818. The van der Waals surface area contributed by atoms with E-state index in [1.807, 2.05) is 25.2 Å². The molecule has 0 radical (unpaired) electrons. The van der Waals surface area contributed by atoms with E-state index in [9.17, 15) is 14.4 Å². The molecule has 3 N–H and O–H groups in total. The number of pyridine rings is 1. The summed E-state index contributed by atoms with van der Waals surface area (Å²) in [5, 5.41) is 15.2. The summed E-state index contributed by atoms with van der Waals surface area (Å²) in [6.07, 6.45) is 7.42. The molecule has 14 nitrogen and oxygen atoms in total. The summed E-state index contributed by atoms with van der Waals surface area (Å²) in [6.45, 7) is 0.724. The van der Waals surface area contributed by atoms with Crippen LogP contribution in [-0.4, -0.2) is 73.9 Å². The van der Waals surface area contributed by atoms with Crippen LogP contribution in [0.1, 0.15) is 63.0 Å². The average Bonchev–Trinajstić information content (AvgIpc) is 3.99. The minimum Gasteiger partial charge on any atom is -0.488 e. The number of rotatable bonds is 7. The third kappa shape index (κ3) is 6.27. The first-order valence-electron chi connectivity index (χ1n) is 19.8. The van der Waals surface area contributed by atoms with Gasteiger partial charge >= 0.3 is 5.92 Å². The molecular formula is C41H42ClF2N9O5. The molecular weight excluding hydrogens is 772 g/mol. The van der Waals surface area contributed by atoms with Crippen molar-refractivity contribution in [2.24, 2.45) is 25.4 Å². The number of nitrogens with one attached hydrogen (secondary N) is 3. The topological polar surface area (TPSA) is 158 Å². The van der Waals surface area contributed by atoms with E-state index < -0.39 is 30.0 Å². The van der Waals surface area contributed by atoms with E-state index in [2.05, 4.69) is 25.8 Å². The fourth-order valence-electron chi connectivity index (χ4n) is 9.38. The Hall–Kier alpha value is -5.51. The number of amides is 2. The van der Waals surface area contributed by atoms with Crippen molar-refractivity contribution in [3.05, 3.63) is 63.7 Å². The molecule has 58 heavy (non-hydrogen) atoms. The van der Waals surface area contributed by atoms with E-state index in [0.29, 0.717) is 58.3 Å². The number of piperidine rings is 1. The molecule has 2 saturated heterocycles. The average molecular weight is 814 g/mol. The third-order valence-electron chi connectivity index (χ3n) is 12.7. The Morgan fingerprint density at radius 3 is 2.57 bits per heavy atom. The van der Waals surface area contributed by atoms with Crippen molar-refractivity contribution in [3.8, 4) is 11.5 Å². The van der Waals surface area contributed by atoms with Crippen LogP contribution in [0.2, 0.25) is 5.02 Å². The second kappa shape index (κ2) is 13.5. The highest BCUT2D eigenvalue weighted by Gasteiger charge is 2.51. The Kier molecular flexibility index (Phi) is 8.59. The summed E-state index contributed by atoms with van der Waals surface area (Å²) in [6, 6.07) is 10.0. The molecule has 3 aromatic heterocycles. The third-order valence-corrected chi connectivity index (χ3v) is 12.9. The van der Waals surface area contributed by atoms with Gasteiger partial charge in [-0.05, 0) is 75.1 Å². The molecule has 2 amide bonds. The van der Waals surface area contributed by atoms with Gasteiger partial charge < -0.3 is 29.6 Å².